The molecule has 0 radical (unpaired) electrons. The number of rotatable bonds is 6. The molecular weight excluding hydrogens is 494 g/mol. The number of aromatic nitrogens is 4. The van der Waals surface area contributed by atoms with Crippen molar-refractivity contribution in [3.63, 3.8) is 0 Å². The molecule has 2 fully saturated rings. The molecule has 11 heteroatoms. The van der Waals surface area contributed by atoms with E-state index in [0.29, 0.717) is 22.5 Å². The summed E-state index contributed by atoms with van der Waals surface area (Å²) in [6.45, 7) is 1.47. The molecular formula is C26H24ClN7O3. The summed E-state index contributed by atoms with van der Waals surface area (Å²) in [6, 6.07) is 11.9. The lowest BCUT2D eigenvalue weighted by atomic mass is 9.91. The van der Waals surface area contributed by atoms with E-state index < -0.39 is 5.41 Å². The first-order chi connectivity index (χ1) is 18.0. The molecule has 4 aromatic rings. The second-order valence-electron chi connectivity index (χ2n) is 9.72. The van der Waals surface area contributed by atoms with E-state index in [1.807, 2.05) is 24.3 Å². The molecule has 1 saturated heterocycles. The molecule has 3 aliphatic rings. The van der Waals surface area contributed by atoms with Gasteiger partial charge in [0.15, 0.2) is 17.5 Å². The third-order valence-electron chi connectivity index (χ3n) is 7.80. The van der Waals surface area contributed by atoms with Crippen molar-refractivity contribution in [2.45, 2.75) is 23.9 Å². The molecule has 10 nitrogen and oxygen atoms in total. The molecule has 0 unspecified atom stereocenters. The van der Waals surface area contributed by atoms with Crippen molar-refractivity contribution in [1.29, 1.82) is 0 Å². The topological polar surface area (TPSA) is 117 Å². The number of nitrogens with zero attached hydrogens (tertiary/aromatic N) is 4. The van der Waals surface area contributed by atoms with E-state index in [9.17, 15) is 4.79 Å². The summed E-state index contributed by atoms with van der Waals surface area (Å²) in [5, 5.41) is 15.2. The zero-order valence-corrected chi connectivity index (χ0v) is 21.0. The van der Waals surface area contributed by atoms with Crippen LogP contribution >= 0.6 is 11.6 Å². The summed E-state index contributed by atoms with van der Waals surface area (Å²) in [7, 11) is 3.34. The smallest absolute Gasteiger partial charge is 0.235 e. The number of ether oxygens (including phenoxy) is 2. The minimum Gasteiger partial charge on any atom is -0.497 e. The zero-order valence-electron chi connectivity index (χ0n) is 20.2. The van der Waals surface area contributed by atoms with Crippen LogP contribution in [-0.4, -0.2) is 59.5 Å². The monoisotopic (exact) mass is 517 g/mol. The van der Waals surface area contributed by atoms with Gasteiger partial charge in [0.2, 0.25) is 5.91 Å². The molecule has 188 valence electrons. The summed E-state index contributed by atoms with van der Waals surface area (Å²) in [5.74, 6) is 2.64. The fourth-order valence-electron chi connectivity index (χ4n) is 5.59. The number of carbonyl (C=O) groups is 1. The van der Waals surface area contributed by atoms with Crippen LogP contribution in [0.1, 0.15) is 23.5 Å². The molecule has 37 heavy (non-hydrogen) atoms. The fourth-order valence-corrected chi connectivity index (χ4v) is 5.85. The molecule has 4 heterocycles. The van der Waals surface area contributed by atoms with Gasteiger partial charge >= 0.3 is 0 Å². The highest BCUT2D eigenvalue weighted by atomic mass is 35.5. The van der Waals surface area contributed by atoms with E-state index in [4.69, 9.17) is 21.1 Å². The van der Waals surface area contributed by atoms with Gasteiger partial charge in [0, 0.05) is 37.2 Å². The number of nitrogens with one attached hydrogen (secondary N) is 3. The number of halogens is 1. The van der Waals surface area contributed by atoms with E-state index in [1.54, 1.807) is 14.2 Å². The summed E-state index contributed by atoms with van der Waals surface area (Å²) in [6.07, 6.45) is 2.43. The van der Waals surface area contributed by atoms with Crippen molar-refractivity contribution in [3.8, 4) is 5.75 Å². The Balaban J connectivity index is 1.15. The van der Waals surface area contributed by atoms with Gasteiger partial charge in [-0.3, -0.25) is 9.89 Å². The second kappa shape index (κ2) is 8.06. The first-order valence-corrected chi connectivity index (χ1v) is 12.4. The van der Waals surface area contributed by atoms with Crippen molar-refractivity contribution in [3.05, 3.63) is 58.9 Å². The Morgan fingerprint density at radius 3 is 2.81 bits per heavy atom. The van der Waals surface area contributed by atoms with Gasteiger partial charge in [-0.1, -0.05) is 17.7 Å². The number of methoxy groups -OCH3 is 2. The van der Waals surface area contributed by atoms with Crippen LogP contribution in [0.25, 0.3) is 10.9 Å². The van der Waals surface area contributed by atoms with Crippen LogP contribution in [0.4, 0.5) is 23.1 Å². The Kier molecular flexibility index (Phi) is 4.86. The Labute approximate surface area is 217 Å². The van der Waals surface area contributed by atoms with Gasteiger partial charge in [-0.05, 0) is 47.9 Å². The van der Waals surface area contributed by atoms with Crippen molar-refractivity contribution in [2.75, 3.05) is 42.8 Å². The minimum atomic E-state index is -0.553. The molecule has 1 aliphatic carbocycles. The van der Waals surface area contributed by atoms with Crippen molar-refractivity contribution >= 4 is 51.6 Å². The van der Waals surface area contributed by atoms with Crippen LogP contribution < -0.4 is 20.3 Å². The first-order valence-electron chi connectivity index (χ1n) is 12.0. The standard InChI is InChI=1S/C26H24ClN7O3/c1-36-14-4-6-19-17(8-14)26(25(35)30-19)9-18(26)13-3-5-16-20(7-13)32-33-22(16)31-23-21(27)24(29-12-28-23)34-10-15(11-34)37-2/h3-8,12,15,18H,9-11H2,1-2H3,(H,30,35)(H2,28,29,31,32,33)/t18-,26-/m0/s1. The predicted molar refractivity (Wildman–Crippen MR) is 140 cm³/mol. The Bertz CT molecular complexity index is 1570. The maximum absolute atomic E-state index is 13.0. The number of H-pyrrole nitrogens is 1. The van der Waals surface area contributed by atoms with Crippen LogP contribution in [-0.2, 0) is 14.9 Å². The highest BCUT2D eigenvalue weighted by Gasteiger charge is 2.65. The van der Waals surface area contributed by atoms with Gasteiger partial charge in [-0.15, -0.1) is 0 Å². The molecule has 2 aromatic carbocycles. The van der Waals surface area contributed by atoms with Crippen LogP contribution in [0, 0.1) is 0 Å². The highest BCUT2D eigenvalue weighted by molar-refractivity contribution is 6.35. The van der Waals surface area contributed by atoms with Crippen LogP contribution in [0.3, 0.4) is 0 Å². The Morgan fingerprint density at radius 2 is 2.00 bits per heavy atom. The van der Waals surface area contributed by atoms with Crippen molar-refractivity contribution < 1.29 is 14.3 Å². The fraction of sp³-hybridized carbons (Fsp3) is 0.308. The van der Waals surface area contributed by atoms with Gasteiger partial charge in [0.25, 0.3) is 0 Å². The SMILES string of the molecule is COc1ccc2c(c1)[C@]1(C[C@H]1c1ccc3c(Nc4ncnc(N5CC(OC)C5)c4Cl)n[nH]c3c1)C(=O)N2. The number of hydrogen-bond donors (Lipinski definition) is 3. The first kappa shape index (κ1) is 22.3. The van der Waals surface area contributed by atoms with Gasteiger partial charge in [-0.2, -0.15) is 5.10 Å². The Hall–Kier alpha value is -3.89. The van der Waals surface area contributed by atoms with E-state index in [1.165, 1.54) is 6.33 Å². The number of anilines is 4. The van der Waals surface area contributed by atoms with E-state index in [-0.39, 0.29) is 17.9 Å². The molecule has 2 aromatic heterocycles. The quantitative estimate of drug-likeness (QED) is 0.352. The van der Waals surface area contributed by atoms with Crippen LogP contribution in [0.5, 0.6) is 5.75 Å². The van der Waals surface area contributed by atoms with Crippen LogP contribution in [0.2, 0.25) is 5.02 Å². The van der Waals surface area contributed by atoms with Crippen LogP contribution in [0.15, 0.2) is 42.7 Å². The number of fused-ring (bicyclic) bond motifs is 3. The van der Waals surface area contributed by atoms with E-state index in [0.717, 1.165) is 53.0 Å². The average Bonchev–Trinajstić information content (AvgIpc) is 3.43. The van der Waals surface area contributed by atoms with E-state index in [2.05, 4.69) is 47.8 Å². The van der Waals surface area contributed by atoms with Gasteiger partial charge in [0.05, 0.1) is 24.1 Å². The normalized spacial score (nSPS) is 22.2. The second-order valence-corrected chi connectivity index (χ2v) is 10.1. The predicted octanol–water partition coefficient (Wildman–Crippen LogP) is 3.97. The largest absolute Gasteiger partial charge is 0.497 e. The molecule has 1 spiro atoms. The number of carbonyl (C=O) groups excluding carboxylic acids is 1. The highest BCUT2D eigenvalue weighted by Crippen LogP contribution is 2.65. The summed E-state index contributed by atoms with van der Waals surface area (Å²) < 4.78 is 10.8. The molecule has 3 N–H and O–H groups in total. The van der Waals surface area contributed by atoms with Crippen molar-refractivity contribution in [1.82, 2.24) is 20.2 Å². The summed E-state index contributed by atoms with van der Waals surface area (Å²) >= 11 is 6.64. The lowest BCUT2D eigenvalue weighted by Crippen LogP contribution is -2.52. The molecule has 2 atom stereocenters. The minimum absolute atomic E-state index is 0.0426. The maximum Gasteiger partial charge on any atom is 0.235 e. The average molecular weight is 518 g/mol. The van der Waals surface area contributed by atoms with Crippen molar-refractivity contribution in [2.24, 2.45) is 0 Å². The van der Waals surface area contributed by atoms with Gasteiger partial charge < -0.3 is 25.0 Å². The van der Waals surface area contributed by atoms with Gasteiger partial charge in [0.1, 0.15) is 17.1 Å². The lowest BCUT2D eigenvalue weighted by molar-refractivity contribution is -0.118. The third-order valence-corrected chi connectivity index (χ3v) is 8.15. The molecule has 0 bridgehead atoms. The number of hydrogen-bond acceptors (Lipinski definition) is 8. The van der Waals surface area contributed by atoms with Gasteiger partial charge in [-0.25, -0.2) is 9.97 Å². The van der Waals surface area contributed by atoms with E-state index >= 15 is 0 Å². The number of amides is 1. The third kappa shape index (κ3) is 3.29. The number of benzene rings is 2. The maximum atomic E-state index is 13.0. The summed E-state index contributed by atoms with van der Waals surface area (Å²) in [5.41, 5.74) is 3.26. The zero-order chi connectivity index (χ0) is 25.3. The molecule has 1 amide bonds. The number of aromatic amines is 1. The molecule has 7 rings (SSSR count). The Morgan fingerprint density at radius 1 is 1.14 bits per heavy atom. The lowest BCUT2D eigenvalue weighted by Gasteiger charge is -2.39. The molecule has 2 aliphatic heterocycles. The summed E-state index contributed by atoms with van der Waals surface area (Å²) in [4.78, 5) is 23.7. The molecule has 1 saturated carbocycles.